The van der Waals surface area contributed by atoms with Gasteiger partial charge in [0.2, 0.25) is 0 Å². The predicted octanol–water partition coefficient (Wildman–Crippen LogP) is 2.26. The summed E-state index contributed by atoms with van der Waals surface area (Å²) in [5.74, 6) is 0.510. The van der Waals surface area contributed by atoms with E-state index in [0.29, 0.717) is 11.4 Å². The van der Waals surface area contributed by atoms with Gasteiger partial charge in [-0.3, -0.25) is 0 Å². The Kier molecular flexibility index (Phi) is 3.73. The van der Waals surface area contributed by atoms with Crippen LogP contribution in [-0.4, -0.2) is 9.78 Å². The lowest BCUT2D eigenvalue weighted by Gasteiger charge is -2.10. The molecule has 0 saturated heterocycles. The molecule has 1 unspecified atom stereocenters. The van der Waals surface area contributed by atoms with Crippen molar-refractivity contribution in [2.24, 2.45) is 0 Å². The molecule has 4 heteroatoms. The van der Waals surface area contributed by atoms with E-state index in [0.717, 1.165) is 25.0 Å². The maximum Gasteiger partial charge on any atom is 0.140 e. The highest BCUT2D eigenvalue weighted by Gasteiger charge is 2.16. The Labute approximate surface area is 90.7 Å². The molecule has 0 aliphatic rings. The van der Waals surface area contributed by atoms with Gasteiger partial charge in [-0.05, 0) is 19.8 Å². The number of aryl methyl sites for hydroxylation is 1. The SMILES string of the molecule is CCCc1nn(C(C)CC)c(N)c1C#N. The normalized spacial score (nSPS) is 12.4. The summed E-state index contributed by atoms with van der Waals surface area (Å²) in [6.45, 7) is 6.21. The molecule has 82 valence electrons. The first-order chi connectivity index (χ1) is 7.15. The van der Waals surface area contributed by atoms with Crippen LogP contribution in [0.1, 0.15) is 50.9 Å². The number of anilines is 1. The van der Waals surface area contributed by atoms with Gasteiger partial charge in [-0.15, -0.1) is 0 Å². The van der Waals surface area contributed by atoms with Crippen molar-refractivity contribution < 1.29 is 0 Å². The third-order valence-electron chi connectivity index (χ3n) is 2.63. The lowest BCUT2D eigenvalue weighted by molar-refractivity contribution is 0.480. The standard InChI is InChI=1S/C11H18N4/c1-4-6-10-9(7-12)11(13)15(14-10)8(3)5-2/h8H,4-6,13H2,1-3H3. The van der Waals surface area contributed by atoms with E-state index >= 15 is 0 Å². The van der Waals surface area contributed by atoms with Crippen LogP contribution in [0.2, 0.25) is 0 Å². The highest BCUT2D eigenvalue weighted by atomic mass is 15.3. The van der Waals surface area contributed by atoms with Gasteiger partial charge in [-0.25, -0.2) is 4.68 Å². The van der Waals surface area contributed by atoms with E-state index in [-0.39, 0.29) is 6.04 Å². The third kappa shape index (κ3) is 2.12. The van der Waals surface area contributed by atoms with Gasteiger partial charge in [-0.2, -0.15) is 10.4 Å². The minimum absolute atomic E-state index is 0.253. The molecule has 1 aromatic rings. The zero-order valence-corrected chi connectivity index (χ0v) is 9.62. The zero-order valence-electron chi connectivity index (χ0n) is 9.62. The molecule has 0 aliphatic carbocycles. The van der Waals surface area contributed by atoms with Crippen molar-refractivity contribution in [1.29, 1.82) is 5.26 Å². The van der Waals surface area contributed by atoms with Crippen LogP contribution in [0.4, 0.5) is 5.82 Å². The Balaban J connectivity index is 3.16. The summed E-state index contributed by atoms with van der Waals surface area (Å²) >= 11 is 0. The maximum absolute atomic E-state index is 9.01. The van der Waals surface area contributed by atoms with Gasteiger partial charge in [0.15, 0.2) is 0 Å². The van der Waals surface area contributed by atoms with Crippen molar-refractivity contribution >= 4 is 5.82 Å². The van der Waals surface area contributed by atoms with Crippen LogP contribution in [0, 0.1) is 11.3 Å². The van der Waals surface area contributed by atoms with E-state index in [1.165, 1.54) is 0 Å². The fourth-order valence-corrected chi connectivity index (χ4v) is 1.54. The van der Waals surface area contributed by atoms with Crippen molar-refractivity contribution in [3.8, 4) is 6.07 Å². The van der Waals surface area contributed by atoms with Crippen molar-refractivity contribution in [2.45, 2.75) is 46.1 Å². The van der Waals surface area contributed by atoms with Gasteiger partial charge < -0.3 is 5.73 Å². The first-order valence-corrected chi connectivity index (χ1v) is 5.42. The Bertz CT molecular complexity index is 373. The third-order valence-corrected chi connectivity index (χ3v) is 2.63. The first kappa shape index (κ1) is 11.6. The van der Waals surface area contributed by atoms with E-state index in [2.05, 4.69) is 31.9 Å². The molecule has 1 heterocycles. The van der Waals surface area contributed by atoms with Gasteiger partial charge in [0.1, 0.15) is 17.5 Å². The fourth-order valence-electron chi connectivity index (χ4n) is 1.54. The van der Waals surface area contributed by atoms with Crippen molar-refractivity contribution in [3.63, 3.8) is 0 Å². The molecule has 4 nitrogen and oxygen atoms in total. The molecule has 0 radical (unpaired) electrons. The maximum atomic E-state index is 9.01. The summed E-state index contributed by atoms with van der Waals surface area (Å²) in [5.41, 5.74) is 7.28. The molecule has 15 heavy (non-hydrogen) atoms. The minimum Gasteiger partial charge on any atom is -0.383 e. The monoisotopic (exact) mass is 206 g/mol. The number of rotatable bonds is 4. The van der Waals surface area contributed by atoms with Gasteiger partial charge in [-0.1, -0.05) is 20.3 Å². The summed E-state index contributed by atoms with van der Waals surface area (Å²) in [7, 11) is 0. The van der Waals surface area contributed by atoms with Crippen LogP contribution in [0.5, 0.6) is 0 Å². The van der Waals surface area contributed by atoms with Crippen LogP contribution in [-0.2, 0) is 6.42 Å². The predicted molar refractivity (Wildman–Crippen MR) is 60.4 cm³/mol. The summed E-state index contributed by atoms with van der Waals surface area (Å²) < 4.78 is 1.77. The van der Waals surface area contributed by atoms with E-state index < -0.39 is 0 Å². The van der Waals surface area contributed by atoms with Crippen LogP contribution < -0.4 is 5.73 Å². The van der Waals surface area contributed by atoms with Gasteiger partial charge in [0, 0.05) is 0 Å². The first-order valence-electron chi connectivity index (χ1n) is 5.42. The van der Waals surface area contributed by atoms with Crippen LogP contribution in [0.15, 0.2) is 0 Å². The molecular weight excluding hydrogens is 188 g/mol. The Morgan fingerprint density at radius 2 is 2.20 bits per heavy atom. The molecule has 2 N–H and O–H groups in total. The molecule has 0 aromatic carbocycles. The second-order valence-corrected chi connectivity index (χ2v) is 3.77. The number of hydrogen-bond donors (Lipinski definition) is 1. The average Bonchev–Trinajstić information content (AvgIpc) is 2.55. The number of hydrogen-bond acceptors (Lipinski definition) is 3. The highest BCUT2D eigenvalue weighted by Crippen LogP contribution is 2.22. The quantitative estimate of drug-likeness (QED) is 0.821. The zero-order chi connectivity index (χ0) is 11.4. The van der Waals surface area contributed by atoms with E-state index in [1.807, 2.05) is 0 Å². The Hall–Kier alpha value is -1.50. The number of nitriles is 1. The van der Waals surface area contributed by atoms with E-state index in [4.69, 9.17) is 11.0 Å². The summed E-state index contributed by atoms with van der Waals surface area (Å²) in [4.78, 5) is 0. The summed E-state index contributed by atoms with van der Waals surface area (Å²) in [6, 6.07) is 2.39. The van der Waals surface area contributed by atoms with Crippen molar-refractivity contribution in [3.05, 3.63) is 11.3 Å². The molecule has 0 spiro atoms. The lowest BCUT2D eigenvalue weighted by Crippen LogP contribution is -2.09. The second-order valence-electron chi connectivity index (χ2n) is 3.77. The van der Waals surface area contributed by atoms with Gasteiger partial charge in [0.25, 0.3) is 0 Å². The fraction of sp³-hybridized carbons (Fsp3) is 0.636. The van der Waals surface area contributed by atoms with Gasteiger partial charge >= 0.3 is 0 Å². The van der Waals surface area contributed by atoms with E-state index in [1.54, 1.807) is 4.68 Å². The Morgan fingerprint density at radius 1 is 1.53 bits per heavy atom. The van der Waals surface area contributed by atoms with Crippen LogP contribution >= 0.6 is 0 Å². The Morgan fingerprint density at radius 3 is 2.67 bits per heavy atom. The largest absolute Gasteiger partial charge is 0.383 e. The molecule has 1 atom stereocenters. The smallest absolute Gasteiger partial charge is 0.140 e. The van der Waals surface area contributed by atoms with E-state index in [9.17, 15) is 0 Å². The second kappa shape index (κ2) is 4.83. The van der Waals surface area contributed by atoms with Crippen molar-refractivity contribution in [1.82, 2.24) is 9.78 Å². The molecule has 1 aromatic heterocycles. The molecule has 0 aliphatic heterocycles. The number of aromatic nitrogens is 2. The molecular formula is C11H18N4. The minimum atomic E-state index is 0.253. The van der Waals surface area contributed by atoms with Gasteiger partial charge in [0.05, 0.1) is 11.7 Å². The molecule has 0 bridgehead atoms. The van der Waals surface area contributed by atoms with Crippen LogP contribution in [0.3, 0.4) is 0 Å². The lowest BCUT2D eigenvalue weighted by atomic mass is 10.1. The number of nitrogens with two attached hydrogens (primary N) is 1. The molecule has 0 saturated carbocycles. The number of nitrogens with zero attached hydrogens (tertiary/aromatic N) is 3. The van der Waals surface area contributed by atoms with Crippen molar-refractivity contribution in [2.75, 3.05) is 5.73 Å². The molecule has 0 amide bonds. The highest BCUT2D eigenvalue weighted by molar-refractivity contribution is 5.52. The van der Waals surface area contributed by atoms with Crippen LogP contribution in [0.25, 0.3) is 0 Å². The molecule has 0 fully saturated rings. The average molecular weight is 206 g/mol. The molecule has 1 rings (SSSR count). The summed E-state index contributed by atoms with van der Waals surface area (Å²) in [6.07, 6.45) is 2.75. The number of nitrogen functional groups attached to an aromatic ring is 1. The summed E-state index contributed by atoms with van der Waals surface area (Å²) in [5, 5.41) is 13.4. The topological polar surface area (TPSA) is 67.6 Å².